The van der Waals surface area contributed by atoms with Crippen molar-refractivity contribution in [2.45, 2.75) is 12.4 Å². The van der Waals surface area contributed by atoms with E-state index in [1.165, 1.54) is 78.9 Å². The first-order valence-corrected chi connectivity index (χ1v) is 29.7. The summed E-state index contributed by atoms with van der Waals surface area (Å²) in [4.78, 5) is 25.5. The first-order chi connectivity index (χ1) is 49.2. The summed E-state index contributed by atoms with van der Waals surface area (Å²) in [6.07, 6.45) is -10.6. The molecule has 2 aromatic heterocycles. The minimum atomic E-state index is -5.28. The highest BCUT2D eigenvalue weighted by Crippen LogP contribution is 2.50. The van der Waals surface area contributed by atoms with Gasteiger partial charge in [-0.3, -0.25) is 0 Å². The maximum Gasteiger partial charge on any atom is 0.416 e. The van der Waals surface area contributed by atoms with E-state index in [2.05, 4.69) is 58.2 Å². The lowest BCUT2D eigenvalue weighted by atomic mass is 9.93. The summed E-state index contributed by atoms with van der Waals surface area (Å²) in [5, 5.41) is 63.7. The lowest BCUT2D eigenvalue weighted by Crippen LogP contribution is -2.11. The van der Waals surface area contributed by atoms with Crippen LogP contribution in [0.5, 0.6) is 0 Å². The van der Waals surface area contributed by atoms with E-state index in [0.717, 1.165) is 0 Å². The van der Waals surface area contributed by atoms with Gasteiger partial charge >= 0.3 is 12.4 Å². The van der Waals surface area contributed by atoms with E-state index >= 15 is 0 Å². The minimum absolute atomic E-state index is 0.0000313. The van der Waals surface area contributed by atoms with Gasteiger partial charge in [0, 0.05) is 60.5 Å². The number of fused-ring (bicyclic) bond motifs is 6. The second-order valence-electron chi connectivity index (χ2n) is 22.9. The molecule has 102 heavy (non-hydrogen) atoms. The van der Waals surface area contributed by atoms with Crippen molar-refractivity contribution >= 4 is 83.4 Å². The third kappa shape index (κ3) is 10.7. The normalized spacial score (nSPS) is 10.9. The molecule has 0 saturated carbocycles. The molecular weight excluding hydrogens is 1300 g/mol. The summed E-state index contributed by atoms with van der Waals surface area (Å²) in [5.74, 6) is 0. The van der Waals surface area contributed by atoms with Crippen LogP contribution in [0.25, 0.3) is 156 Å². The highest BCUT2D eigenvalue weighted by atomic mass is 19.4. The van der Waals surface area contributed by atoms with Crippen molar-refractivity contribution < 1.29 is 26.3 Å². The van der Waals surface area contributed by atoms with Crippen molar-refractivity contribution in [1.82, 2.24) is 9.13 Å². The quantitative estimate of drug-likeness (QED) is 0.108. The van der Waals surface area contributed by atoms with Crippen molar-refractivity contribution in [1.29, 1.82) is 31.6 Å². The minimum Gasteiger partial charge on any atom is -0.309 e. The average molecular weight is 1330 g/mol. The number of benzene rings is 11. The van der Waals surface area contributed by atoms with Gasteiger partial charge in [0.1, 0.15) is 0 Å². The van der Waals surface area contributed by atoms with E-state index in [1.54, 1.807) is 88.0 Å². The van der Waals surface area contributed by atoms with E-state index in [4.69, 9.17) is 46.0 Å². The molecule has 0 bridgehead atoms. The van der Waals surface area contributed by atoms with Gasteiger partial charge in [0.15, 0.2) is 39.8 Å². The van der Waals surface area contributed by atoms with Gasteiger partial charge < -0.3 is 9.13 Å². The summed E-state index contributed by atoms with van der Waals surface area (Å²) in [7, 11) is 0. The molecule has 0 radical (unpaired) electrons. The van der Waals surface area contributed by atoms with Gasteiger partial charge in [0.25, 0.3) is 0 Å². The van der Waals surface area contributed by atoms with Crippen LogP contribution in [-0.2, 0) is 12.4 Å². The van der Waals surface area contributed by atoms with Crippen LogP contribution in [0.1, 0.15) is 44.5 Å². The van der Waals surface area contributed by atoms with E-state index in [1.807, 2.05) is 12.1 Å². The van der Waals surface area contributed by atoms with Crippen LogP contribution in [0.4, 0.5) is 66.2 Å². The Morgan fingerprint density at radius 3 is 1.03 bits per heavy atom. The lowest BCUT2D eigenvalue weighted by molar-refractivity contribution is -0.143. The Morgan fingerprint density at radius 2 is 0.627 bits per heavy atom. The van der Waals surface area contributed by atoms with Crippen molar-refractivity contribution in [2.24, 2.45) is 0 Å². The molecule has 11 aromatic carbocycles. The molecule has 0 spiro atoms. The molecule has 0 N–H and O–H groups in total. The third-order valence-corrected chi connectivity index (χ3v) is 17.4. The van der Waals surface area contributed by atoms with Crippen molar-refractivity contribution in [3.05, 3.63) is 300 Å². The van der Waals surface area contributed by atoms with Crippen molar-refractivity contribution in [3.8, 4) is 115 Å². The maximum absolute atomic E-state index is 14.9. The Kier molecular flexibility index (Phi) is 15.8. The third-order valence-electron chi connectivity index (χ3n) is 17.4. The van der Waals surface area contributed by atoms with Crippen LogP contribution in [0.2, 0.25) is 0 Å². The molecule has 2 heterocycles. The summed E-state index contributed by atoms with van der Waals surface area (Å²) in [5.41, 5.74) is 0.0464. The van der Waals surface area contributed by atoms with Gasteiger partial charge in [0.2, 0.25) is 0 Å². The average Bonchev–Trinajstić information content (AvgIpc) is 1.56. The van der Waals surface area contributed by atoms with Crippen molar-refractivity contribution in [3.63, 3.8) is 0 Å². The van der Waals surface area contributed by atoms with Crippen LogP contribution in [0.15, 0.2) is 176 Å². The zero-order valence-electron chi connectivity index (χ0n) is 51.7. The molecule has 21 heteroatoms. The fourth-order valence-corrected chi connectivity index (χ4v) is 13.1. The molecule has 0 fully saturated rings. The summed E-state index contributed by atoms with van der Waals surface area (Å²) in [6, 6.07) is 52.9. The Balaban J connectivity index is 1.18. The van der Waals surface area contributed by atoms with Crippen LogP contribution >= 0.6 is 0 Å². The SMILES string of the molecule is [C-]#[N+]c1cc(C#N)c(-c2ccc3c(c2)c2cc(-c4c(C#N)cc([N+]#[C-])cc4[N+]#[C-])ccc2n3-c2ccc(-c3cc(C(F)(F)F)cc(C(F)(F)F)c3)cc2-c2cc([N+]#[C-])ccc2-n2c3ccc(-c4c(C#N)cc(C#N)cc4[N+]#[C-])cc3c3cc(-c4c([N+]#[C-])cc(C#N)cc4[N+]#[C-])ccc32)c(C#N)c1. The molecule has 0 aliphatic carbocycles. The fraction of sp³-hybridized carbons (Fsp3) is 0.0247. The lowest BCUT2D eigenvalue weighted by Gasteiger charge is -2.21. The van der Waals surface area contributed by atoms with Gasteiger partial charge in [-0.1, -0.05) is 42.5 Å². The molecular formula is C81H29F6N15. The predicted molar refractivity (Wildman–Crippen MR) is 370 cm³/mol. The van der Waals surface area contributed by atoms with E-state index in [-0.39, 0.29) is 130 Å². The van der Waals surface area contributed by atoms with E-state index in [9.17, 15) is 57.9 Å². The smallest absolute Gasteiger partial charge is 0.309 e. The molecule has 0 amide bonds. The molecule has 13 rings (SSSR count). The number of rotatable bonds is 8. The summed E-state index contributed by atoms with van der Waals surface area (Å²) in [6.45, 7) is 56.7. The number of halogens is 6. The summed E-state index contributed by atoms with van der Waals surface area (Å²) >= 11 is 0. The van der Waals surface area contributed by atoms with Crippen LogP contribution in [0.3, 0.4) is 0 Å². The monoisotopic (exact) mass is 1330 g/mol. The van der Waals surface area contributed by atoms with Crippen LogP contribution in [-0.4, -0.2) is 9.13 Å². The number of hydrogen-bond donors (Lipinski definition) is 0. The first-order valence-electron chi connectivity index (χ1n) is 29.7. The zero-order chi connectivity index (χ0) is 72.2. The number of nitrogens with zero attached hydrogens (tertiary/aromatic N) is 15. The number of aromatic nitrogens is 2. The van der Waals surface area contributed by atoms with Gasteiger partial charge in [-0.2, -0.15) is 57.9 Å². The van der Waals surface area contributed by atoms with Gasteiger partial charge in [-0.25, -0.2) is 33.9 Å². The zero-order valence-corrected chi connectivity index (χ0v) is 51.7. The molecule has 0 unspecified atom stereocenters. The highest BCUT2D eigenvalue weighted by molar-refractivity contribution is 6.15. The summed E-state index contributed by atoms with van der Waals surface area (Å²) < 4.78 is 92.9. The van der Waals surface area contributed by atoms with Crippen LogP contribution < -0.4 is 0 Å². The van der Waals surface area contributed by atoms with Crippen molar-refractivity contribution in [2.75, 3.05) is 0 Å². The molecule has 15 nitrogen and oxygen atoms in total. The standard InChI is InChI=1S/C81H29F6N15/c1-94-57-13-19-75(102-73-16-10-47(77-51(39-90)20-43(37-88)21-66(77)97-4)31-63(73)64-33-49(12-18-74(64)102)79-67(98-5)22-44(38-89)23-68(79)99-6)65(35-57)60-29-45(50-24-55(80(82,83)84)34-56(25-50)81(85,86)87)8-14-70(60)101-71-15-9-46(76-52(40-91)26-58(95-2)27-53(76)41-92)30-61(71)62-32-48(11-17-72(62)101)78-54(42-93)28-59(96-3)36-69(78)100-7/h8-36H. The predicted octanol–water partition coefficient (Wildman–Crippen LogP) is 23.0. The molecule has 13 aromatic rings. The van der Waals surface area contributed by atoms with E-state index < -0.39 is 29.0 Å². The second-order valence-corrected chi connectivity index (χ2v) is 22.9. The Labute approximate surface area is 574 Å². The number of hydrogen-bond acceptors (Lipinski definition) is 6. The Hall–Kier alpha value is -16.0. The van der Waals surface area contributed by atoms with E-state index in [0.29, 0.717) is 78.0 Å². The molecule has 470 valence electrons. The molecule has 0 atom stereocenters. The number of nitriles is 6. The maximum atomic E-state index is 14.9. The molecule has 0 aliphatic heterocycles. The van der Waals surface area contributed by atoms with Crippen LogP contribution in [0, 0.1) is 114 Å². The molecule has 0 aliphatic rings. The topological polar surface area (TPSA) is 183 Å². The molecule has 0 saturated heterocycles. The second kappa shape index (κ2) is 24.9. The number of alkyl halides is 6. The Morgan fingerprint density at radius 1 is 0.284 bits per heavy atom. The van der Waals surface area contributed by atoms with Gasteiger partial charge in [-0.15, -0.1) is 0 Å². The fourth-order valence-electron chi connectivity index (χ4n) is 13.1. The highest BCUT2D eigenvalue weighted by Gasteiger charge is 2.38. The largest absolute Gasteiger partial charge is 0.416 e. The van der Waals surface area contributed by atoms with Gasteiger partial charge in [-0.05, 0) is 178 Å². The first kappa shape index (κ1) is 64.7. The Bertz CT molecular complexity index is 6130. The van der Waals surface area contributed by atoms with Gasteiger partial charge in [0.05, 0.1) is 144 Å².